The second-order valence-corrected chi connectivity index (χ2v) is 16.6. The van der Waals surface area contributed by atoms with E-state index in [1.54, 1.807) is 79.7 Å². The van der Waals surface area contributed by atoms with Crippen LogP contribution in [0.15, 0.2) is 131 Å². The number of phenols is 1. The van der Waals surface area contributed by atoms with Crippen molar-refractivity contribution >= 4 is 68.0 Å². The average molecular weight is 922 g/mol. The van der Waals surface area contributed by atoms with E-state index in [1.807, 2.05) is 52.0 Å². The van der Waals surface area contributed by atoms with Crippen molar-refractivity contribution in [1.82, 2.24) is 0 Å². The molecule has 58 heavy (non-hydrogen) atoms. The summed E-state index contributed by atoms with van der Waals surface area (Å²) >= 11 is -1.62. The van der Waals surface area contributed by atoms with Gasteiger partial charge in [-0.05, 0) is 90.1 Å². The van der Waals surface area contributed by atoms with Gasteiger partial charge in [-0.25, -0.2) is 16.8 Å². The van der Waals surface area contributed by atoms with Crippen molar-refractivity contribution in [2.75, 3.05) is 6.26 Å². The van der Waals surface area contributed by atoms with Crippen LogP contribution in [0.1, 0.15) is 82.0 Å². The topological polar surface area (TPSA) is 191 Å². The maximum absolute atomic E-state index is 10.9. The Hall–Kier alpha value is -5.11. The van der Waals surface area contributed by atoms with Gasteiger partial charge in [-0.2, -0.15) is 0 Å². The molecular formula is C43H51ClO11S2Se. The molecule has 314 valence electrons. The summed E-state index contributed by atoms with van der Waals surface area (Å²) in [5.74, 6) is -0.144. The number of benzene rings is 5. The second-order valence-electron chi connectivity index (χ2n) is 11.8. The van der Waals surface area contributed by atoms with Gasteiger partial charge in [-0.15, -0.1) is 0 Å². The summed E-state index contributed by atoms with van der Waals surface area (Å²) in [6.07, 6.45) is 1.53. The zero-order chi connectivity index (χ0) is 43.1. The van der Waals surface area contributed by atoms with Crippen molar-refractivity contribution < 1.29 is 48.8 Å². The fraction of sp³-hybridized carbons (Fsp3) is 0.209. The fourth-order valence-electron chi connectivity index (χ4n) is 3.76. The minimum absolute atomic E-state index is 0. The number of carbonyl (C=O) groups is 4. The molecule has 0 aliphatic carbocycles. The number of halogens is 1. The van der Waals surface area contributed by atoms with Crippen LogP contribution in [0.3, 0.4) is 0 Å². The van der Waals surface area contributed by atoms with E-state index in [-0.39, 0.29) is 37.1 Å². The number of aldehydes is 1. The Morgan fingerprint density at radius 1 is 0.534 bits per heavy atom. The zero-order valence-corrected chi connectivity index (χ0v) is 35.9. The molecule has 0 unspecified atom stereocenters. The molecule has 11 nitrogen and oxygen atoms in total. The number of phenolic OH excluding ortho intramolecular Hbond substituents is 1. The Kier molecular flexibility index (Phi) is 28.8. The van der Waals surface area contributed by atoms with Crippen molar-refractivity contribution in [2.24, 2.45) is 0 Å². The second kappa shape index (κ2) is 29.2. The molecule has 0 amide bonds. The van der Waals surface area contributed by atoms with Crippen molar-refractivity contribution in [3.05, 3.63) is 160 Å². The monoisotopic (exact) mass is 922 g/mol. The van der Waals surface area contributed by atoms with E-state index in [1.165, 1.54) is 43.0 Å². The first-order chi connectivity index (χ1) is 26.0. The zero-order valence-electron chi connectivity index (χ0n) is 31.8. The van der Waals surface area contributed by atoms with Crippen LogP contribution in [0.25, 0.3) is 0 Å². The predicted octanol–water partition coefficient (Wildman–Crippen LogP) is 9.14. The molecule has 15 heteroatoms. The van der Waals surface area contributed by atoms with E-state index < -0.39 is 39.5 Å². The molecule has 0 saturated heterocycles. The number of carbonyl (C=O) groups excluding carboxylic acids is 4. The molecule has 0 saturated carbocycles. The molecule has 5 aromatic rings. The molecule has 0 fully saturated rings. The molecule has 0 atom stereocenters. The van der Waals surface area contributed by atoms with Gasteiger partial charge in [0.05, 0.1) is 9.79 Å². The van der Waals surface area contributed by atoms with Gasteiger partial charge in [0.15, 0.2) is 27.7 Å². The molecule has 0 aliphatic heterocycles. The van der Waals surface area contributed by atoms with Gasteiger partial charge in [0, 0.05) is 33.6 Å². The van der Waals surface area contributed by atoms with E-state index in [0.717, 1.165) is 22.3 Å². The summed E-state index contributed by atoms with van der Waals surface area (Å²) in [6, 6.07) is 33.8. The fourth-order valence-corrected chi connectivity index (χ4v) is 5.16. The Bertz CT molecular complexity index is 2140. The van der Waals surface area contributed by atoms with Gasteiger partial charge in [0.25, 0.3) is 9.05 Å². The average Bonchev–Trinajstić information content (AvgIpc) is 3.13. The summed E-state index contributed by atoms with van der Waals surface area (Å²) < 4.78 is 60.2. The van der Waals surface area contributed by atoms with Crippen molar-refractivity contribution in [2.45, 2.75) is 66.2 Å². The summed E-state index contributed by atoms with van der Waals surface area (Å²) in [7, 11) is -1.48. The van der Waals surface area contributed by atoms with E-state index in [2.05, 4.69) is 0 Å². The molecule has 5 rings (SSSR count). The minimum atomic E-state index is -3.55. The molecular weight excluding hydrogens is 871 g/mol. The SMILES string of the molecule is C.C.CC(=O)c1ccc(C)cc1.CC(=O)c1ccc(O)cc1.Cc1ccc(C(=O)C=O)cc1.Cc1ccc(S(=O)(=O)Cl)cc1.Cc1ccc(S(C)(=O)=O)cc1.O=[Se]=O. The van der Waals surface area contributed by atoms with Crippen LogP contribution in [0.2, 0.25) is 0 Å². The first-order valence-electron chi connectivity index (χ1n) is 16.2. The van der Waals surface area contributed by atoms with Gasteiger partial charge in [-0.1, -0.05) is 110 Å². The molecule has 0 aliphatic rings. The van der Waals surface area contributed by atoms with Crippen LogP contribution in [0.4, 0.5) is 0 Å². The van der Waals surface area contributed by atoms with E-state index in [4.69, 9.17) is 23.5 Å². The number of rotatable bonds is 6. The maximum atomic E-state index is 10.9. The quantitative estimate of drug-likeness (QED) is 0.0562. The van der Waals surface area contributed by atoms with Crippen LogP contribution in [0.5, 0.6) is 5.75 Å². The van der Waals surface area contributed by atoms with Crippen LogP contribution in [-0.2, 0) is 31.4 Å². The Labute approximate surface area is 353 Å². The summed E-state index contributed by atoms with van der Waals surface area (Å²) in [5, 5.41) is 8.83. The van der Waals surface area contributed by atoms with Gasteiger partial charge in [-0.3, -0.25) is 19.2 Å². The third kappa shape index (κ3) is 25.2. The van der Waals surface area contributed by atoms with Gasteiger partial charge in [0.2, 0.25) is 5.78 Å². The first kappa shape index (κ1) is 57.2. The standard InChI is InChI=1S/C9H8O2.C9H10O.C8H10O2S.C8H8O2.C7H7ClO2S.2CH4.O2Se/c1-7-2-4-8(5-3-7)9(11)6-10;1-7-3-5-9(6-4-7)8(2)10;1-7-3-5-8(6-4-7)11(2,9)10;1-6(9)7-2-4-8(10)5-3-7;1-6-2-4-7(5-3-6)11(8,9)10;;;1-3-2/h2-6H,1H3;3-6H,1-2H3;3-6H,1-2H3;2-5,10H,1H3;2-5H,1H3;2*1H4;. The molecule has 5 aromatic carbocycles. The Balaban J connectivity index is -0.000000635. The molecule has 0 bridgehead atoms. The number of Topliss-reactive ketones (excluding diaryl/α,β-unsaturated/α-hetero) is 3. The van der Waals surface area contributed by atoms with Crippen molar-refractivity contribution in [1.29, 1.82) is 0 Å². The van der Waals surface area contributed by atoms with Crippen LogP contribution in [-0.4, -0.2) is 66.7 Å². The normalized spacial score (nSPS) is 9.52. The number of hydrogen-bond acceptors (Lipinski definition) is 11. The number of aryl methyl sites for hydroxylation is 4. The van der Waals surface area contributed by atoms with E-state index in [9.17, 15) is 36.0 Å². The summed E-state index contributed by atoms with van der Waals surface area (Å²) in [5.41, 5.74) is 6.19. The van der Waals surface area contributed by atoms with Crippen LogP contribution >= 0.6 is 10.7 Å². The van der Waals surface area contributed by atoms with Crippen LogP contribution in [0, 0.1) is 27.7 Å². The van der Waals surface area contributed by atoms with E-state index in [0.29, 0.717) is 22.3 Å². The Morgan fingerprint density at radius 3 is 1.05 bits per heavy atom. The molecule has 0 aromatic heterocycles. The number of aromatic hydroxyl groups is 1. The number of ketones is 3. The third-order valence-electron chi connectivity index (χ3n) is 6.93. The molecule has 0 heterocycles. The predicted molar refractivity (Wildman–Crippen MR) is 230 cm³/mol. The van der Waals surface area contributed by atoms with Crippen LogP contribution < -0.4 is 0 Å². The molecule has 1 N–H and O–H groups in total. The van der Waals surface area contributed by atoms with Gasteiger partial charge >= 0.3 is 22.5 Å². The number of hydrogen-bond donors (Lipinski definition) is 1. The van der Waals surface area contributed by atoms with Crippen molar-refractivity contribution in [3.63, 3.8) is 0 Å². The third-order valence-corrected chi connectivity index (χ3v) is 9.42. The molecule has 0 radical (unpaired) electrons. The van der Waals surface area contributed by atoms with Crippen molar-refractivity contribution in [3.8, 4) is 5.75 Å². The number of sulfone groups is 1. The summed E-state index contributed by atoms with van der Waals surface area (Å²) in [6.45, 7) is 10.8. The van der Waals surface area contributed by atoms with Gasteiger partial charge < -0.3 is 5.11 Å². The van der Waals surface area contributed by atoms with Gasteiger partial charge in [0.1, 0.15) is 5.75 Å². The Morgan fingerprint density at radius 2 is 0.793 bits per heavy atom. The summed E-state index contributed by atoms with van der Waals surface area (Å²) in [4.78, 5) is 42.8. The first-order valence-corrected chi connectivity index (χ1v) is 21.8. The van der Waals surface area contributed by atoms with E-state index >= 15 is 0 Å². The molecule has 0 spiro atoms.